The highest BCUT2D eigenvalue weighted by molar-refractivity contribution is 5.92. The number of carbonyl (C=O) groups is 1. The minimum Gasteiger partial charge on any atom is -0.366 e. The lowest BCUT2D eigenvalue weighted by Gasteiger charge is -2.34. The lowest BCUT2D eigenvalue weighted by molar-refractivity contribution is 0.1000. The van der Waals surface area contributed by atoms with Gasteiger partial charge in [-0.3, -0.25) is 9.69 Å². The zero-order valence-electron chi connectivity index (χ0n) is 10.4. The number of primary amides is 1. The highest BCUT2D eigenvalue weighted by Crippen LogP contribution is 2.15. The zero-order chi connectivity index (χ0) is 13.1. The lowest BCUT2D eigenvalue weighted by Crippen LogP contribution is -2.49. The van der Waals surface area contributed by atoms with Crippen LogP contribution >= 0.6 is 0 Å². The van der Waals surface area contributed by atoms with Crippen molar-refractivity contribution in [1.82, 2.24) is 10.2 Å². The summed E-state index contributed by atoms with van der Waals surface area (Å²) >= 11 is 0. The molecule has 1 fully saturated rings. The van der Waals surface area contributed by atoms with Crippen molar-refractivity contribution in [3.05, 3.63) is 35.1 Å². The number of nitrogens with zero attached hydrogens (tertiary/aromatic N) is 1. The average Bonchev–Trinajstić information content (AvgIpc) is 2.34. The van der Waals surface area contributed by atoms with Gasteiger partial charge in [-0.05, 0) is 25.1 Å². The van der Waals surface area contributed by atoms with Crippen LogP contribution in [0.4, 0.5) is 4.39 Å². The maximum absolute atomic E-state index is 13.7. The third-order valence-electron chi connectivity index (χ3n) is 3.34. The van der Waals surface area contributed by atoms with E-state index < -0.39 is 5.91 Å². The fourth-order valence-corrected chi connectivity index (χ4v) is 2.19. The molecule has 1 heterocycles. The van der Waals surface area contributed by atoms with Crippen LogP contribution in [0.25, 0.3) is 0 Å². The van der Waals surface area contributed by atoms with Gasteiger partial charge in [0.25, 0.3) is 0 Å². The molecule has 2 rings (SSSR count). The van der Waals surface area contributed by atoms with Crippen molar-refractivity contribution in [3.8, 4) is 0 Å². The molecular formula is C13H18FN3O. The Labute approximate surface area is 106 Å². The van der Waals surface area contributed by atoms with E-state index in [4.69, 9.17) is 5.73 Å². The smallest absolute Gasteiger partial charge is 0.248 e. The van der Waals surface area contributed by atoms with Crippen LogP contribution in [0.1, 0.15) is 22.8 Å². The number of halogens is 1. The second-order valence-corrected chi connectivity index (χ2v) is 4.69. The number of nitrogens with two attached hydrogens (primary N) is 1. The van der Waals surface area contributed by atoms with Gasteiger partial charge in [0, 0.05) is 43.3 Å². The molecule has 4 nitrogen and oxygen atoms in total. The highest BCUT2D eigenvalue weighted by atomic mass is 19.1. The molecule has 0 aromatic heterocycles. The van der Waals surface area contributed by atoms with E-state index in [1.165, 1.54) is 12.1 Å². The number of carbonyl (C=O) groups excluding carboxylic acids is 1. The van der Waals surface area contributed by atoms with E-state index in [1.54, 1.807) is 6.07 Å². The average molecular weight is 251 g/mol. The summed E-state index contributed by atoms with van der Waals surface area (Å²) in [5, 5.41) is 3.28. The Bertz CT molecular complexity index is 450. The third kappa shape index (κ3) is 2.86. The molecule has 1 aromatic rings. The summed E-state index contributed by atoms with van der Waals surface area (Å²) in [7, 11) is 0. The number of rotatable bonds is 3. The molecule has 0 radical (unpaired) electrons. The summed E-state index contributed by atoms with van der Waals surface area (Å²) in [5.41, 5.74) is 6.09. The first kappa shape index (κ1) is 13.0. The van der Waals surface area contributed by atoms with Crippen LogP contribution in [0.2, 0.25) is 0 Å². The van der Waals surface area contributed by atoms with Crippen LogP contribution in [0.5, 0.6) is 0 Å². The zero-order valence-corrected chi connectivity index (χ0v) is 10.4. The van der Waals surface area contributed by atoms with Gasteiger partial charge < -0.3 is 11.1 Å². The van der Waals surface area contributed by atoms with Crippen LogP contribution in [-0.4, -0.2) is 36.5 Å². The van der Waals surface area contributed by atoms with E-state index in [9.17, 15) is 9.18 Å². The topological polar surface area (TPSA) is 58.4 Å². The van der Waals surface area contributed by atoms with Crippen molar-refractivity contribution in [3.63, 3.8) is 0 Å². The second-order valence-electron chi connectivity index (χ2n) is 4.69. The number of benzene rings is 1. The van der Waals surface area contributed by atoms with Crippen molar-refractivity contribution in [2.75, 3.05) is 19.6 Å². The summed E-state index contributed by atoms with van der Waals surface area (Å²) < 4.78 is 13.7. The molecule has 0 saturated carbocycles. The van der Waals surface area contributed by atoms with Crippen molar-refractivity contribution in [2.45, 2.75) is 19.5 Å². The van der Waals surface area contributed by atoms with Gasteiger partial charge in [0.15, 0.2) is 0 Å². The predicted molar refractivity (Wildman–Crippen MR) is 67.7 cm³/mol. The van der Waals surface area contributed by atoms with E-state index in [0.29, 0.717) is 23.7 Å². The molecule has 1 aliphatic rings. The van der Waals surface area contributed by atoms with Gasteiger partial charge >= 0.3 is 0 Å². The van der Waals surface area contributed by atoms with E-state index in [2.05, 4.69) is 17.1 Å². The second kappa shape index (κ2) is 5.46. The van der Waals surface area contributed by atoms with Crippen LogP contribution in [-0.2, 0) is 6.54 Å². The fourth-order valence-electron chi connectivity index (χ4n) is 2.19. The molecule has 1 saturated heterocycles. The number of amides is 1. The van der Waals surface area contributed by atoms with Gasteiger partial charge in [0.05, 0.1) is 0 Å². The molecule has 1 aromatic carbocycles. The van der Waals surface area contributed by atoms with Crippen LogP contribution in [0.3, 0.4) is 0 Å². The van der Waals surface area contributed by atoms with Crippen LogP contribution in [0, 0.1) is 5.82 Å². The Hall–Kier alpha value is -1.46. The minimum atomic E-state index is -0.524. The van der Waals surface area contributed by atoms with E-state index in [1.807, 2.05) is 0 Å². The summed E-state index contributed by atoms with van der Waals surface area (Å²) in [4.78, 5) is 13.3. The van der Waals surface area contributed by atoms with Gasteiger partial charge in [-0.15, -0.1) is 0 Å². The van der Waals surface area contributed by atoms with E-state index in [-0.39, 0.29) is 5.82 Å². The number of piperazine rings is 1. The standard InChI is InChI=1S/C13H18FN3O/c1-9-7-16-4-5-17(9)8-11-6-10(13(15)18)2-3-12(11)14/h2-3,6,9,16H,4-5,7-8H2,1H3,(H2,15,18)/t9-/m1/s1. The van der Waals surface area contributed by atoms with Crippen LogP contribution < -0.4 is 11.1 Å². The highest BCUT2D eigenvalue weighted by Gasteiger charge is 2.19. The van der Waals surface area contributed by atoms with Crippen LogP contribution in [0.15, 0.2) is 18.2 Å². The Morgan fingerprint density at radius 3 is 3.06 bits per heavy atom. The predicted octanol–water partition coefficient (Wildman–Crippen LogP) is 0.718. The molecule has 18 heavy (non-hydrogen) atoms. The fraction of sp³-hybridized carbons (Fsp3) is 0.462. The Morgan fingerprint density at radius 2 is 2.39 bits per heavy atom. The number of hydrogen-bond donors (Lipinski definition) is 2. The van der Waals surface area contributed by atoms with Gasteiger partial charge in [0.1, 0.15) is 5.82 Å². The van der Waals surface area contributed by atoms with Gasteiger partial charge in [-0.25, -0.2) is 4.39 Å². The Balaban J connectivity index is 2.17. The molecule has 1 amide bonds. The Kier molecular flexibility index (Phi) is 3.93. The largest absolute Gasteiger partial charge is 0.366 e. The first-order valence-corrected chi connectivity index (χ1v) is 6.11. The lowest BCUT2D eigenvalue weighted by atomic mass is 10.1. The molecule has 0 unspecified atom stereocenters. The maximum atomic E-state index is 13.7. The normalized spacial score (nSPS) is 20.9. The quantitative estimate of drug-likeness (QED) is 0.832. The Morgan fingerprint density at radius 1 is 1.61 bits per heavy atom. The summed E-state index contributed by atoms with van der Waals surface area (Å²) in [6.07, 6.45) is 0. The molecule has 1 atom stereocenters. The van der Waals surface area contributed by atoms with E-state index >= 15 is 0 Å². The SMILES string of the molecule is C[C@@H]1CNCCN1Cc1cc(C(N)=O)ccc1F. The number of hydrogen-bond acceptors (Lipinski definition) is 3. The van der Waals surface area contributed by atoms with Gasteiger partial charge in [0.2, 0.25) is 5.91 Å². The van der Waals surface area contributed by atoms with Gasteiger partial charge in [-0.1, -0.05) is 0 Å². The third-order valence-corrected chi connectivity index (χ3v) is 3.34. The summed E-state index contributed by atoms with van der Waals surface area (Å²) in [5.74, 6) is -0.810. The molecule has 1 aliphatic heterocycles. The molecule has 0 bridgehead atoms. The van der Waals surface area contributed by atoms with Crippen molar-refractivity contribution >= 4 is 5.91 Å². The molecular weight excluding hydrogens is 233 g/mol. The summed E-state index contributed by atoms with van der Waals surface area (Å²) in [6.45, 7) is 5.29. The maximum Gasteiger partial charge on any atom is 0.248 e. The number of nitrogens with one attached hydrogen (secondary N) is 1. The molecule has 3 N–H and O–H groups in total. The summed E-state index contributed by atoms with van der Waals surface area (Å²) in [6, 6.07) is 4.63. The van der Waals surface area contributed by atoms with Crippen molar-refractivity contribution in [2.24, 2.45) is 5.73 Å². The minimum absolute atomic E-state index is 0.286. The van der Waals surface area contributed by atoms with Crippen molar-refractivity contribution in [1.29, 1.82) is 0 Å². The molecule has 0 aliphatic carbocycles. The monoisotopic (exact) mass is 251 g/mol. The molecule has 98 valence electrons. The first-order valence-electron chi connectivity index (χ1n) is 6.11. The van der Waals surface area contributed by atoms with Crippen molar-refractivity contribution < 1.29 is 9.18 Å². The first-order chi connectivity index (χ1) is 8.58. The van der Waals surface area contributed by atoms with E-state index in [0.717, 1.165) is 19.6 Å². The van der Waals surface area contributed by atoms with Gasteiger partial charge in [-0.2, -0.15) is 0 Å². The molecule has 0 spiro atoms. The molecule has 5 heteroatoms.